The number of nitrogens with two attached hydrogens (primary N) is 1. The lowest BCUT2D eigenvalue weighted by molar-refractivity contribution is -0.138. The molecule has 1 unspecified atom stereocenters. The fourth-order valence-electron chi connectivity index (χ4n) is 2.17. The molecule has 2 rings (SSSR count). The summed E-state index contributed by atoms with van der Waals surface area (Å²) < 4.78 is 0. The van der Waals surface area contributed by atoms with Crippen LogP contribution in [0, 0.1) is 0 Å². The van der Waals surface area contributed by atoms with E-state index in [1.807, 2.05) is 30.3 Å². The second kappa shape index (κ2) is 6.52. The summed E-state index contributed by atoms with van der Waals surface area (Å²) in [4.78, 5) is 24.7. The van der Waals surface area contributed by atoms with Crippen LogP contribution in [0.2, 0.25) is 0 Å². The van der Waals surface area contributed by atoms with Crippen LogP contribution in [0.3, 0.4) is 0 Å². The Morgan fingerprint density at radius 2 is 1.95 bits per heavy atom. The second-order valence-corrected chi connectivity index (χ2v) is 5.22. The molecule has 0 aromatic heterocycles. The van der Waals surface area contributed by atoms with E-state index >= 15 is 0 Å². The van der Waals surface area contributed by atoms with Crippen molar-refractivity contribution in [2.45, 2.75) is 44.3 Å². The number of carboxylic acid groups (broad SMARTS) is 1. The van der Waals surface area contributed by atoms with E-state index in [2.05, 4.69) is 0 Å². The van der Waals surface area contributed by atoms with Crippen LogP contribution in [0.5, 0.6) is 0 Å². The first kappa shape index (κ1) is 14.5. The van der Waals surface area contributed by atoms with Gasteiger partial charge in [0.1, 0.15) is 0 Å². The number of amides is 1. The average molecular weight is 276 g/mol. The van der Waals surface area contributed by atoms with E-state index in [-0.39, 0.29) is 24.8 Å². The minimum atomic E-state index is -0.922. The molecule has 108 valence electrons. The van der Waals surface area contributed by atoms with Gasteiger partial charge in [-0.25, -0.2) is 0 Å². The van der Waals surface area contributed by atoms with Gasteiger partial charge in [-0.15, -0.1) is 0 Å². The minimum absolute atomic E-state index is 0.0727. The number of benzene rings is 1. The molecule has 0 radical (unpaired) electrons. The number of carboxylic acids is 1. The Labute approximate surface area is 118 Å². The predicted octanol–water partition coefficient (Wildman–Crippen LogP) is 1.37. The van der Waals surface area contributed by atoms with Crippen molar-refractivity contribution in [3.05, 3.63) is 35.9 Å². The highest BCUT2D eigenvalue weighted by molar-refractivity contribution is 5.82. The number of hydrogen-bond acceptors (Lipinski definition) is 3. The first-order valence-corrected chi connectivity index (χ1v) is 6.89. The monoisotopic (exact) mass is 276 g/mol. The molecule has 1 amide bonds. The Balaban J connectivity index is 1.97. The summed E-state index contributed by atoms with van der Waals surface area (Å²) in [5.41, 5.74) is 6.90. The first-order valence-electron chi connectivity index (χ1n) is 6.89. The van der Waals surface area contributed by atoms with Gasteiger partial charge < -0.3 is 15.7 Å². The molecule has 0 spiro atoms. The topological polar surface area (TPSA) is 83.6 Å². The molecular weight excluding hydrogens is 256 g/mol. The Hall–Kier alpha value is -1.88. The molecule has 0 aliphatic heterocycles. The van der Waals surface area contributed by atoms with Crippen molar-refractivity contribution in [2.24, 2.45) is 5.73 Å². The van der Waals surface area contributed by atoms with Crippen molar-refractivity contribution in [1.82, 2.24) is 4.90 Å². The fourth-order valence-corrected chi connectivity index (χ4v) is 2.17. The average Bonchev–Trinajstić information content (AvgIpc) is 3.27. The van der Waals surface area contributed by atoms with Gasteiger partial charge in [0, 0.05) is 19.0 Å². The Bertz CT molecular complexity index is 471. The standard InChI is InChI=1S/C15H20N2O3/c16-13(8-9-14(18)19)15(20)17(12-6-7-12)10-11-4-2-1-3-5-11/h1-5,12-13H,6-10,16H2,(H,18,19). The van der Waals surface area contributed by atoms with Crippen LogP contribution in [0.4, 0.5) is 0 Å². The molecule has 0 saturated heterocycles. The van der Waals surface area contributed by atoms with Crippen molar-refractivity contribution < 1.29 is 14.7 Å². The highest BCUT2D eigenvalue weighted by Gasteiger charge is 2.34. The SMILES string of the molecule is NC(CCC(=O)O)C(=O)N(Cc1ccccc1)C1CC1. The Kier molecular flexibility index (Phi) is 4.74. The molecule has 1 aromatic carbocycles. The van der Waals surface area contributed by atoms with E-state index in [1.165, 1.54) is 0 Å². The molecule has 5 heteroatoms. The number of nitrogens with zero attached hydrogens (tertiary/aromatic N) is 1. The van der Waals surface area contributed by atoms with Crippen molar-refractivity contribution in [3.8, 4) is 0 Å². The molecule has 1 saturated carbocycles. The van der Waals surface area contributed by atoms with Crippen LogP contribution in [-0.2, 0) is 16.1 Å². The summed E-state index contributed by atoms with van der Waals surface area (Å²) in [5, 5.41) is 8.66. The molecule has 0 heterocycles. The van der Waals surface area contributed by atoms with Crippen molar-refractivity contribution >= 4 is 11.9 Å². The maximum absolute atomic E-state index is 12.3. The van der Waals surface area contributed by atoms with Crippen LogP contribution in [-0.4, -0.2) is 34.0 Å². The number of aliphatic carboxylic acids is 1. The number of carbonyl (C=O) groups is 2. The van der Waals surface area contributed by atoms with Gasteiger partial charge in [0.15, 0.2) is 0 Å². The maximum atomic E-state index is 12.3. The van der Waals surface area contributed by atoms with E-state index in [9.17, 15) is 9.59 Å². The molecule has 3 N–H and O–H groups in total. The molecule has 1 fully saturated rings. The number of hydrogen-bond donors (Lipinski definition) is 2. The van der Waals surface area contributed by atoms with Crippen molar-refractivity contribution in [2.75, 3.05) is 0 Å². The third kappa shape index (κ3) is 4.06. The van der Waals surface area contributed by atoms with Gasteiger partial charge in [-0.1, -0.05) is 30.3 Å². The van der Waals surface area contributed by atoms with E-state index in [1.54, 1.807) is 4.90 Å². The zero-order chi connectivity index (χ0) is 14.5. The van der Waals surface area contributed by atoms with Crippen LogP contribution in [0.25, 0.3) is 0 Å². The predicted molar refractivity (Wildman–Crippen MR) is 74.9 cm³/mol. The van der Waals surface area contributed by atoms with Crippen LogP contribution < -0.4 is 5.73 Å². The first-order chi connectivity index (χ1) is 9.58. The summed E-state index contributed by atoms with van der Waals surface area (Å²) >= 11 is 0. The highest BCUT2D eigenvalue weighted by Crippen LogP contribution is 2.29. The Morgan fingerprint density at radius 1 is 1.30 bits per heavy atom. The molecule has 1 atom stereocenters. The lowest BCUT2D eigenvalue weighted by Gasteiger charge is -2.25. The summed E-state index contributed by atoms with van der Waals surface area (Å²) in [6.45, 7) is 0.547. The van der Waals surface area contributed by atoms with E-state index in [4.69, 9.17) is 10.8 Å². The lowest BCUT2D eigenvalue weighted by Crippen LogP contribution is -2.44. The van der Waals surface area contributed by atoms with Gasteiger partial charge in [0.25, 0.3) is 0 Å². The zero-order valence-corrected chi connectivity index (χ0v) is 11.4. The van der Waals surface area contributed by atoms with Crippen LogP contribution in [0.1, 0.15) is 31.2 Å². The van der Waals surface area contributed by atoms with Gasteiger partial charge in [0.2, 0.25) is 5.91 Å². The van der Waals surface area contributed by atoms with Crippen LogP contribution >= 0.6 is 0 Å². The van der Waals surface area contributed by atoms with E-state index in [0.29, 0.717) is 6.54 Å². The van der Waals surface area contributed by atoms with Gasteiger partial charge in [-0.2, -0.15) is 0 Å². The minimum Gasteiger partial charge on any atom is -0.481 e. The molecule has 0 bridgehead atoms. The molecule has 20 heavy (non-hydrogen) atoms. The fraction of sp³-hybridized carbons (Fsp3) is 0.467. The molecular formula is C15H20N2O3. The van der Waals surface area contributed by atoms with Crippen molar-refractivity contribution in [1.29, 1.82) is 0 Å². The van der Waals surface area contributed by atoms with E-state index < -0.39 is 12.0 Å². The molecule has 5 nitrogen and oxygen atoms in total. The third-order valence-corrected chi connectivity index (χ3v) is 3.45. The summed E-state index contributed by atoms with van der Waals surface area (Å²) in [7, 11) is 0. The quantitative estimate of drug-likeness (QED) is 0.788. The van der Waals surface area contributed by atoms with E-state index in [0.717, 1.165) is 18.4 Å². The number of rotatable bonds is 7. The third-order valence-electron chi connectivity index (χ3n) is 3.45. The van der Waals surface area contributed by atoms with Gasteiger partial charge in [-0.05, 0) is 24.8 Å². The summed E-state index contributed by atoms with van der Waals surface area (Å²) in [6.07, 6.45) is 2.12. The Morgan fingerprint density at radius 3 is 2.50 bits per heavy atom. The summed E-state index contributed by atoms with van der Waals surface area (Å²) in [5.74, 6) is -1.06. The normalized spacial score (nSPS) is 15.7. The second-order valence-electron chi connectivity index (χ2n) is 5.22. The van der Waals surface area contributed by atoms with Gasteiger partial charge >= 0.3 is 5.97 Å². The van der Waals surface area contributed by atoms with Gasteiger partial charge in [0.05, 0.1) is 6.04 Å². The van der Waals surface area contributed by atoms with Crippen molar-refractivity contribution in [3.63, 3.8) is 0 Å². The lowest BCUT2D eigenvalue weighted by atomic mass is 10.1. The zero-order valence-electron chi connectivity index (χ0n) is 11.4. The molecule has 1 aromatic rings. The molecule has 1 aliphatic carbocycles. The maximum Gasteiger partial charge on any atom is 0.303 e. The number of carbonyl (C=O) groups excluding carboxylic acids is 1. The smallest absolute Gasteiger partial charge is 0.303 e. The highest BCUT2D eigenvalue weighted by atomic mass is 16.4. The van der Waals surface area contributed by atoms with Crippen LogP contribution in [0.15, 0.2) is 30.3 Å². The summed E-state index contributed by atoms with van der Waals surface area (Å²) in [6, 6.07) is 9.31. The van der Waals surface area contributed by atoms with Gasteiger partial charge in [-0.3, -0.25) is 9.59 Å². The largest absolute Gasteiger partial charge is 0.481 e. The molecule has 1 aliphatic rings.